The van der Waals surface area contributed by atoms with Gasteiger partial charge in [0.25, 0.3) is 0 Å². The van der Waals surface area contributed by atoms with Gasteiger partial charge in [0.05, 0.1) is 62.0 Å². The van der Waals surface area contributed by atoms with Crippen LogP contribution in [-0.4, -0.2) is 45.9 Å². The molecular formula is C42H24N6Na2O6S6. The maximum absolute atomic E-state index is 12.0. The summed E-state index contributed by atoms with van der Waals surface area (Å²) in [6.45, 7) is 3.21. The van der Waals surface area contributed by atoms with Crippen LogP contribution in [0.2, 0.25) is 0 Å². The second-order valence-corrected chi connectivity index (χ2v) is 20.5. The van der Waals surface area contributed by atoms with E-state index in [0.717, 1.165) is 52.7 Å². The molecule has 0 atom stereocenters. The molecule has 0 N–H and O–H groups in total. The Morgan fingerprint density at radius 1 is 0.435 bits per heavy atom. The average molecular weight is 947 g/mol. The number of azo groups is 1. The Balaban J connectivity index is 0.00000264. The Kier molecular flexibility index (Phi) is 12.6. The Hall–Kier alpha value is -3.70. The van der Waals surface area contributed by atoms with E-state index in [0.29, 0.717) is 53.0 Å². The summed E-state index contributed by atoms with van der Waals surface area (Å²) in [7, 11) is -9.32. The average Bonchev–Trinajstić information content (AvgIpc) is 4.03. The van der Waals surface area contributed by atoms with Gasteiger partial charge in [0.1, 0.15) is 40.3 Å². The third-order valence-corrected chi connectivity index (χ3v) is 16.4. The van der Waals surface area contributed by atoms with Crippen molar-refractivity contribution in [3.8, 4) is 42.3 Å². The van der Waals surface area contributed by atoms with Gasteiger partial charge >= 0.3 is 59.1 Å². The van der Waals surface area contributed by atoms with Gasteiger partial charge in [-0.1, -0.05) is 18.2 Å². The molecule has 6 aromatic carbocycles. The van der Waals surface area contributed by atoms with E-state index in [2.05, 4.69) is 20.2 Å². The molecule has 0 amide bonds. The number of aryl methyl sites for hydroxylation is 2. The molecule has 0 saturated heterocycles. The van der Waals surface area contributed by atoms with Gasteiger partial charge in [0.2, 0.25) is 0 Å². The third kappa shape index (κ3) is 8.62. The van der Waals surface area contributed by atoms with Crippen LogP contribution in [0.3, 0.4) is 0 Å². The summed E-state index contributed by atoms with van der Waals surface area (Å²) in [5.74, 6) is 0. The van der Waals surface area contributed by atoms with Gasteiger partial charge in [-0.2, -0.15) is 10.2 Å². The molecule has 296 valence electrons. The zero-order valence-corrected chi connectivity index (χ0v) is 41.9. The molecule has 0 aliphatic rings. The Labute approximate surface area is 414 Å². The van der Waals surface area contributed by atoms with Gasteiger partial charge in [0.15, 0.2) is 0 Å². The zero-order chi connectivity index (χ0) is 41.5. The van der Waals surface area contributed by atoms with Crippen molar-refractivity contribution in [2.45, 2.75) is 23.6 Å². The molecule has 20 heteroatoms. The molecule has 0 radical (unpaired) electrons. The molecule has 0 spiro atoms. The Bertz CT molecular complexity index is 3400. The van der Waals surface area contributed by atoms with Crippen molar-refractivity contribution in [2.75, 3.05) is 0 Å². The first kappa shape index (κ1) is 44.9. The molecule has 0 saturated carbocycles. The van der Waals surface area contributed by atoms with Crippen molar-refractivity contribution in [1.29, 1.82) is 0 Å². The van der Waals surface area contributed by atoms with E-state index in [9.17, 15) is 25.9 Å². The van der Waals surface area contributed by atoms with E-state index in [-0.39, 0.29) is 68.9 Å². The maximum Gasteiger partial charge on any atom is 1.00 e. The number of hydrogen-bond donors (Lipinski definition) is 0. The van der Waals surface area contributed by atoms with Crippen LogP contribution < -0.4 is 59.1 Å². The number of rotatable bonds is 8. The van der Waals surface area contributed by atoms with Gasteiger partial charge in [-0.25, -0.2) is 36.8 Å². The summed E-state index contributed by atoms with van der Waals surface area (Å²) < 4.78 is 74.6. The summed E-state index contributed by atoms with van der Waals surface area (Å²) in [6.07, 6.45) is 0. The molecule has 0 aliphatic heterocycles. The van der Waals surface area contributed by atoms with E-state index in [4.69, 9.17) is 9.97 Å². The predicted molar refractivity (Wildman–Crippen MR) is 237 cm³/mol. The van der Waals surface area contributed by atoms with Gasteiger partial charge < -0.3 is 9.11 Å². The molecular weight excluding hydrogens is 923 g/mol. The second-order valence-electron chi connectivity index (χ2n) is 13.8. The van der Waals surface area contributed by atoms with Crippen LogP contribution in [0.4, 0.5) is 11.4 Å². The third-order valence-electron chi connectivity index (χ3n) is 9.70. The largest absolute Gasteiger partial charge is 1.00 e. The van der Waals surface area contributed by atoms with Crippen molar-refractivity contribution in [2.24, 2.45) is 10.2 Å². The number of hydrogen-bond acceptors (Lipinski definition) is 16. The van der Waals surface area contributed by atoms with E-state index in [1.54, 1.807) is 49.4 Å². The molecule has 10 rings (SSSR count). The van der Waals surface area contributed by atoms with Crippen LogP contribution in [-0.2, 0) is 20.2 Å². The minimum absolute atomic E-state index is 0. The number of nitrogens with zero attached hydrogens (tertiary/aromatic N) is 6. The van der Waals surface area contributed by atoms with E-state index >= 15 is 0 Å². The Morgan fingerprint density at radius 3 is 1.32 bits per heavy atom. The minimum atomic E-state index is -4.66. The second kappa shape index (κ2) is 17.4. The fraction of sp³-hybridized carbons (Fsp3) is 0.0476. The predicted octanol–water partition coefficient (Wildman–Crippen LogP) is 5.64. The van der Waals surface area contributed by atoms with Crippen LogP contribution in [0.1, 0.15) is 11.1 Å². The molecule has 0 fully saturated rings. The van der Waals surface area contributed by atoms with Crippen LogP contribution in [0.25, 0.3) is 83.2 Å². The summed E-state index contributed by atoms with van der Waals surface area (Å²) in [5, 5.41) is 11.7. The molecule has 4 heterocycles. The molecule has 12 nitrogen and oxygen atoms in total. The number of thiazole rings is 4. The van der Waals surface area contributed by atoms with E-state index in [1.165, 1.54) is 34.0 Å². The van der Waals surface area contributed by atoms with Crippen molar-refractivity contribution in [1.82, 2.24) is 19.9 Å². The van der Waals surface area contributed by atoms with Gasteiger partial charge in [-0.15, -0.1) is 45.3 Å². The number of fused-ring (bicyclic) bond motifs is 4. The first-order valence-electron chi connectivity index (χ1n) is 17.9. The first-order valence-corrected chi connectivity index (χ1v) is 24.0. The summed E-state index contributed by atoms with van der Waals surface area (Å²) in [6, 6.07) is 33.6. The van der Waals surface area contributed by atoms with E-state index < -0.39 is 20.2 Å². The zero-order valence-electron chi connectivity index (χ0n) is 33.0. The molecule has 0 aliphatic carbocycles. The molecule has 62 heavy (non-hydrogen) atoms. The standard InChI is InChI=1S/C42H26N6O6S6.2Na/c1-21-3-15-30-35(37(21)59(49,50)51)57-41(44-30)25-10-18-33-32(19-25)46-40(55-33)24-7-13-28(14-8-24)48-47-27-11-5-23(6-12-27)39-43-29-17-9-26(20-34(29)56-39)42-45-31-16-4-22(2)38(36(31)58-42)60(52,53)54;;/h3-20H,1-2H3,(H,49,50,51)(H,52,53,54);;/q;2*+1/p-2. The molecule has 0 bridgehead atoms. The number of aromatic nitrogens is 4. The van der Waals surface area contributed by atoms with Gasteiger partial charge in [-0.3, -0.25) is 0 Å². The summed E-state index contributed by atoms with van der Waals surface area (Å²) in [4.78, 5) is 18.5. The topological polar surface area (TPSA) is 191 Å². The smallest absolute Gasteiger partial charge is 0.744 e. The number of benzene rings is 6. The monoisotopic (exact) mass is 946 g/mol. The summed E-state index contributed by atoms with van der Waals surface area (Å²) >= 11 is 5.44. The van der Waals surface area contributed by atoms with Gasteiger partial charge in [0, 0.05) is 22.3 Å². The minimum Gasteiger partial charge on any atom is -0.744 e. The van der Waals surface area contributed by atoms with Crippen LogP contribution in [0.15, 0.2) is 129 Å². The first-order chi connectivity index (χ1) is 28.7. The SMILES string of the molecule is Cc1ccc2nc(-c3ccc4sc(-c5ccc(N=Nc6ccc(-c7nc8ccc(-c9nc%10ccc(C)c(S(=O)(=O)[O-])c%10s9)cc8s7)cc6)cc5)nc4c3)sc2c1S(=O)(=O)[O-].[Na+].[Na+]. The van der Waals surface area contributed by atoms with Gasteiger partial charge in [-0.05, 0) is 116 Å². The fourth-order valence-electron chi connectivity index (χ4n) is 6.82. The van der Waals surface area contributed by atoms with Crippen molar-refractivity contribution in [3.63, 3.8) is 0 Å². The molecule has 10 aromatic rings. The van der Waals surface area contributed by atoms with E-state index in [1.807, 2.05) is 84.9 Å². The van der Waals surface area contributed by atoms with Crippen molar-refractivity contribution in [3.05, 3.63) is 120 Å². The van der Waals surface area contributed by atoms with Crippen LogP contribution in [0, 0.1) is 13.8 Å². The van der Waals surface area contributed by atoms with Crippen LogP contribution >= 0.6 is 45.3 Å². The van der Waals surface area contributed by atoms with Crippen molar-refractivity contribution < 1.29 is 85.1 Å². The van der Waals surface area contributed by atoms with Crippen molar-refractivity contribution >= 4 is 118 Å². The van der Waals surface area contributed by atoms with Crippen LogP contribution in [0.5, 0.6) is 0 Å². The Morgan fingerprint density at radius 2 is 0.823 bits per heavy atom. The molecule has 0 unspecified atom stereocenters. The fourth-order valence-corrected chi connectivity index (χ4v) is 13.3. The summed E-state index contributed by atoms with van der Waals surface area (Å²) in [5.41, 5.74) is 8.10. The molecule has 4 aromatic heterocycles. The quantitative estimate of drug-likeness (QED) is 0.105. The maximum atomic E-state index is 12.0. The normalized spacial score (nSPS) is 12.1.